The van der Waals surface area contributed by atoms with Crippen LogP contribution in [-0.4, -0.2) is 6.10 Å². The van der Waals surface area contributed by atoms with Crippen LogP contribution in [0, 0.1) is 18.8 Å². The van der Waals surface area contributed by atoms with Crippen molar-refractivity contribution in [2.75, 3.05) is 0 Å². The molecule has 1 aliphatic carbocycles. The summed E-state index contributed by atoms with van der Waals surface area (Å²) >= 11 is 0. The van der Waals surface area contributed by atoms with Crippen molar-refractivity contribution in [1.29, 1.82) is 0 Å². The van der Waals surface area contributed by atoms with Gasteiger partial charge in [-0.1, -0.05) is 17.7 Å². The number of benzene rings is 1. The smallest absolute Gasteiger partial charge is 0.225 e. The fourth-order valence-corrected chi connectivity index (χ4v) is 0.780. The highest BCUT2D eigenvalue weighted by Crippen LogP contribution is 2.13. The number of hydrogen-bond acceptors (Lipinski definition) is 2. The molecule has 2 heteroatoms. The summed E-state index contributed by atoms with van der Waals surface area (Å²) in [5.41, 5.74) is 1.20. The molecule has 0 saturated heterocycles. The van der Waals surface area contributed by atoms with Gasteiger partial charge in [-0.3, -0.25) is 0 Å². The summed E-state index contributed by atoms with van der Waals surface area (Å²) in [4.78, 5) is 9.82. The average Bonchev–Trinajstić information content (AvgIpc) is 2.87. The zero-order chi connectivity index (χ0) is 8.39. The van der Waals surface area contributed by atoms with Gasteiger partial charge in [0.25, 0.3) is 0 Å². The summed E-state index contributed by atoms with van der Waals surface area (Å²) in [6.07, 6.45) is -0.161. The Hall–Kier alpha value is -1.46. The maximum Gasteiger partial charge on any atom is 0.225 e. The topological polar surface area (TPSA) is 18.5 Å². The fourth-order valence-electron chi connectivity index (χ4n) is 0.780. The van der Waals surface area contributed by atoms with Gasteiger partial charge in [0.15, 0.2) is 5.75 Å². The van der Waals surface area contributed by atoms with Gasteiger partial charge in [-0.15, -0.1) is 0 Å². The maximum atomic E-state index is 4.96. The van der Waals surface area contributed by atoms with E-state index in [9.17, 15) is 0 Å². The third kappa shape index (κ3) is 1.77. The Morgan fingerprint density at radius 1 is 1.17 bits per heavy atom. The van der Waals surface area contributed by atoms with Gasteiger partial charge >= 0.3 is 0 Å². The highest BCUT2D eigenvalue weighted by atomic mass is 17.2. The Bertz CT molecular complexity index is 321. The molecule has 60 valence electrons. The van der Waals surface area contributed by atoms with Crippen molar-refractivity contribution in [3.8, 4) is 17.6 Å². The molecule has 0 unspecified atom stereocenters. The first-order valence-corrected chi connectivity index (χ1v) is 3.76. The molecule has 0 aromatic heterocycles. The zero-order valence-corrected chi connectivity index (χ0v) is 6.70. The van der Waals surface area contributed by atoms with Crippen molar-refractivity contribution in [3.05, 3.63) is 29.8 Å². The van der Waals surface area contributed by atoms with Crippen LogP contribution in [-0.2, 0) is 4.89 Å². The highest BCUT2D eigenvalue weighted by molar-refractivity contribution is 5.33. The Labute approximate surface area is 71.0 Å². The van der Waals surface area contributed by atoms with Crippen LogP contribution in [0.1, 0.15) is 5.56 Å². The predicted octanol–water partition coefficient (Wildman–Crippen LogP) is 1.69. The van der Waals surface area contributed by atoms with Crippen LogP contribution < -0.4 is 4.89 Å². The van der Waals surface area contributed by atoms with Crippen LogP contribution in [0.2, 0.25) is 0 Å². The van der Waals surface area contributed by atoms with Crippen molar-refractivity contribution < 1.29 is 9.78 Å². The Morgan fingerprint density at radius 2 is 1.83 bits per heavy atom. The molecule has 2 rings (SSSR count). The van der Waals surface area contributed by atoms with Gasteiger partial charge in [0.2, 0.25) is 6.10 Å². The van der Waals surface area contributed by atoms with E-state index in [0.29, 0.717) is 5.75 Å². The van der Waals surface area contributed by atoms with E-state index in [1.165, 1.54) is 5.56 Å². The maximum absolute atomic E-state index is 4.96. The van der Waals surface area contributed by atoms with Crippen LogP contribution in [0.15, 0.2) is 24.3 Å². The molecule has 0 spiro atoms. The third-order valence-electron chi connectivity index (χ3n) is 1.52. The normalized spacial score (nSPS) is 13.4. The molecule has 1 aromatic carbocycles. The fraction of sp³-hybridized carbons (Fsp3) is 0.200. The number of aryl methyl sites for hydroxylation is 1. The number of rotatable bonds is 3. The predicted molar refractivity (Wildman–Crippen MR) is 44.5 cm³/mol. The van der Waals surface area contributed by atoms with Crippen LogP contribution in [0.5, 0.6) is 5.75 Å². The lowest BCUT2D eigenvalue weighted by Gasteiger charge is -2.02. The molecule has 0 aliphatic heterocycles. The molecule has 0 amide bonds. The van der Waals surface area contributed by atoms with Gasteiger partial charge in [0, 0.05) is 0 Å². The molecule has 0 atom stereocenters. The molecule has 0 N–H and O–H groups in total. The van der Waals surface area contributed by atoms with Gasteiger partial charge in [-0.05, 0) is 30.9 Å². The van der Waals surface area contributed by atoms with E-state index in [-0.39, 0.29) is 6.10 Å². The first-order chi connectivity index (χ1) is 5.84. The average molecular weight is 160 g/mol. The molecule has 0 bridgehead atoms. The molecule has 12 heavy (non-hydrogen) atoms. The SMILES string of the molecule is Cc1ccc(OOC2C#C2)cc1. The Morgan fingerprint density at radius 3 is 2.42 bits per heavy atom. The molecule has 2 nitrogen and oxygen atoms in total. The summed E-state index contributed by atoms with van der Waals surface area (Å²) in [5.74, 6) is 6.14. The molecular formula is C10H8O2. The minimum absolute atomic E-state index is 0.161. The molecule has 1 aromatic rings. The lowest BCUT2D eigenvalue weighted by molar-refractivity contribution is -0.208. The van der Waals surface area contributed by atoms with Crippen LogP contribution in [0.3, 0.4) is 0 Å². The van der Waals surface area contributed by atoms with E-state index in [4.69, 9.17) is 9.78 Å². The molecular weight excluding hydrogens is 152 g/mol. The Kier molecular flexibility index (Phi) is 1.73. The van der Waals surface area contributed by atoms with Gasteiger partial charge in [-0.2, -0.15) is 4.89 Å². The van der Waals surface area contributed by atoms with Crippen molar-refractivity contribution in [2.45, 2.75) is 13.0 Å². The van der Waals surface area contributed by atoms with E-state index in [0.717, 1.165) is 0 Å². The van der Waals surface area contributed by atoms with Crippen molar-refractivity contribution in [2.24, 2.45) is 0 Å². The molecule has 0 radical (unpaired) electrons. The van der Waals surface area contributed by atoms with Crippen LogP contribution in [0.25, 0.3) is 0 Å². The summed E-state index contributed by atoms with van der Waals surface area (Å²) < 4.78 is 0. The van der Waals surface area contributed by atoms with Gasteiger partial charge in [0.05, 0.1) is 0 Å². The first-order valence-electron chi connectivity index (χ1n) is 3.76. The largest absolute Gasteiger partial charge is 0.335 e. The summed E-state index contributed by atoms with van der Waals surface area (Å²) in [5, 5.41) is 0. The van der Waals surface area contributed by atoms with Gasteiger partial charge in [-0.25, -0.2) is 0 Å². The summed E-state index contributed by atoms with van der Waals surface area (Å²) in [6.45, 7) is 2.02. The third-order valence-corrected chi connectivity index (χ3v) is 1.52. The van der Waals surface area contributed by atoms with E-state index < -0.39 is 0 Å². The van der Waals surface area contributed by atoms with Crippen LogP contribution in [0.4, 0.5) is 0 Å². The number of hydrogen-bond donors (Lipinski definition) is 0. The van der Waals surface area contributed by atoms with Gasteiger partial charge in [0.1, 0.15) is 0 Å². The zero-order valence-electron chi connectivity index (χ0n) is 6.70. The van der Waals surface area contributed by atoms with Gasteiger partial charge < -0.3 is 4.89 Å². The Balaban J connectivity index is 1.89. The monoisotopic (exact) mass is 160 g/mol. The van der Waals surface area contributed by atoms with E-state index in [1.807, 2.05) is 31.2 Å². The lowest BCUT2D eigenvalue weighted by atomic mass is 10.2. The second-order valence-corrected chi connectivity index (χ2v) is 2.66. The molecule has 0 saturated carbocycles. The second-order valence-electron chi connectivity index (χ2n) is 2.66. The summed E-state index contributed by atoms with van der Waals surface area (Å²) in [6, 6.07) is 7.65. The molecule has 0 heterocycles. The van der Waals surface area contributed by atoms with Crippen molar-refractivity contribution >= 4 is 0 Å². The standard InChI is InChI=1S/C10H8O2/c1-8-2-4-9(5-3-8)11-12-10-6-7-10/h2-5,10H,1H3. The summed E-state index contributed by atoms with van der Waals surface area (Å²) in [7, 11) is 0. The molecule has 0 fully saturated rings. The molecule has 1 aliphatic rings. The van der Waals surface area contributed by atoms with E-state index >= 15 is 0 Å². The minimum Gasteiger partial charge on any atom is -0.335 e. The highest BCUT2D eigenvalue weighted by Gasteiger charge is 2.11. The second kappa shape index (κ2) is 2.88. The minimum atomic E-state index is -0.161. The first kappa shape index (κ1) is 7.20. The van der Waals surface area contributed by atoms with E-state index in [1.54, 1.807) is 0 Å². The van der Waals surface area contributed by atoms with E-state index in [2.05, 4.69) is 11.8 Å². The van der Waals surface area contributed by atoms with Crippen molar-refractivity contribution in [1.82, 2.24) is 0 Å². The lowest BCUT2D eigenvalue weighted by Crippen LogP contribution is -2.01. The van der Waals surface area contributed by atoms with Crippen LogP contribution >= 0.6 is 0 Å². The quantitative estimate of drug-likeness (QED) is 0.380. The van der Waals surface area contributed by atoms with Crippen molar-refractivity contribution in [3.63, 3.8) is 0 Å².